The van der Waals surface area contributed by atoms with Crippen LogP contribution < -0.4 is 4.74 Å². The number of carboxylic acid groups (broad SMARTS) is 1. The molecule has 0 bridgehead atoms. The minimum Gasteiger partial charge on any atom is -0.479 e. The maximum absolute atomic E-state index is 10.9. The third-order valence-corrected chi connectivity index (χ3v) is 6.32. The van der Waals surface area contributed by atoms with Crippen molar-refractivity contribution in [1.82, 2.24) is 0 Å². The van der Waals surface area contributed by atoms with E-state index in [0.29, 0.717) is 5.75 Å². The summed E-state index contributed by atoms with van der Waals surface area (Å²) in [5, 5.41) is 8.93. The zero-order chi connectivity index (χ0) is 21.6. The van der Waals surface area contributed by atoms with Gasteiger partial charge in [0.25, 0.3) is 0 Å². The van der Waals surface area contributed by atoms with E-state index in [1.165, 1.54) is 75.4 Å². The van der Waals surface area contributed by atoms with Gasteiger partial charge in [0.2, 0.25) is 0 Å². The third-order valence-electron chi connectivity index (χ3n) is 5.22. The molecule has 0 aliphatic heterocycles. The zero-order valence-corrected chi connectivity index (χ0v) is 19.3. The van der Waals surface area contributed by atoms with Crippen LogP contribution in [0.5, 0.6) is 5.75 Å². The largest absolute Gasteiger partial charge is 0.479 e. The van der Waals surface area contributed by atoms with Crippen LogP contribution in [-0.2, 0) is 4.79 Å². The zero-order valence-electron chi connectivity index (χ0n) is 18.4. The van der Waals surface area contributed by atoms with Crippen molar-refractivity contribution < 1.29 is 14.6 Å². The lowest BCUT2D eigenvalue weighted by molar-refractivity contribution is -0.144. The summed E-state index contributed by atoms with van der Waals surface area (Å²) in [4.78, 5) is 12.2. The Morgan fingerprint density at radius 3 is 1.87 bits per heavy atom. The van der Waals surface area contributed by atoms with Gasteiger partial charge in [-0.05, 0) is 54.5 Å². The lowest BCUT2D eigenvalue weighted by Gasteiger charge is -2.11. The maximum Gasteiger partial charge on any atom is 0.344 e. The fourth-order valence-corrected chi connectivity index (χ4v) is 4.24. The molecule has 30 heavy (non-hydrogen) atoms. The van der Waals surface area contributed by atoms with E-state index in [1.54, 1.807) is 0 Å². The summed E-state index contributed by atoms with van der Waals surface area (Å²) in [6.45, 7) is 3.80. The molecule has 0 aromatic heterocycles. The van der Waals surface area contributed by atoms with Gasteiger partial charge in [-0.25, -0.2) is 4.79 Å². The molecule has 0 unspecified atom stereocenters. The summed E-state index contributed by atoms with van der Waals surface area (Å²) in [7, 11) is 0. The Hall–Kier alpha value is -1.94. The van der Waals surface area contributed by atoms with Crippen LogP contribution >= 0.6 is 11.8 Å². The summed E-state index contributed by atoms with van der Waals surface area (Å²) in [5.41, 5.74) is 2.25. The minimum absolute atomic E-state index is 0.571. The van der Waals surface area contributed by atoms with Crippen LogP contribution in [0.2, 0.25) is 0 Å². The second-order valence-corrected chi connectivity index (χ2v) is 8.99. The summed E-state index contributed by atoms with van der Waals surface area (Å²) in [6, 6.07) is 16.2. The highest BCUT2D eigenvalue weighted by atomic mass is 32.2. The van der Waals surface area contributed by atoms with Gasteiger partial charge in [-0.1, -0.05) is 82.6 Å². The van der Waals surface area contributed by atoms with Crippen LogP contribution in [0.1, 0.15) is 71.6 Å². The molecule has 164 valence electrons. The average molecular weight is 429 g/mol. The Labute approximate surface area is 186 Å². The lowest BCUT2D eigenvalue weighted by atomic mass is 10.1. The van der Waals surface area contributed by atoms with Gasteiger partial charge in [-0.3, -0.25) is 0 Å². The van der Waals surface area contributed by atoms with Crippen molar-refractivity contribution in [2.24, 2.45) is 0 Å². The molecule has 0 saturated heterocycles. The van der Waals surface area contributed by atoms with Crippen molar-refractivity contribution in [3.8, 4) is 16.9 Å². The molecule has 1 atom stereocenters. The van der Waals surface area contributed by atoms with Gasteiger partial charge in [0.05, 0.1) is 0 Å². The number of rotatable bonds is 15. The average Bonchev–Trinajstić information content (AvgIpc) is 2.76. The van der Waals surface area contributed by atoms with Crippen molar-refractivity contribution in [3.63, 3.8) is 0 Å². The van der Waals surface area contributed by atoms with E-state index in [4.69, 9.17) is 9.84 Å². The van der Waals surface area contributed by atoms with Crippen molar-refractivity contribution in [2.75, 3.05) is 5.75 Å². The molecule has 0 radical (unpaired) electrons. The van der Waals surface area contributed by atoms with Gasteiger partial charge in [0.1, 0.15) is 5.75 Å². The number of benzene rings is 2. The number of aliphatic carboxylic acids is 1. The predicted octanol–water partition coefficient (Wildman–Crippen LogP) is 7.83. The SMILES string of the molecule is CCCCCCCCCCCSc1ccc(-c2ccc(O[C@H](C)C(=O)O)cc2)cc1. The second-order valence-electron chi connectivity index (χ2n) is 7.82. The van der Waals surface area contributed by atoms with Crippen molar-refractivity contribution in [2.45, 2.75) is 82.6 Å². The van der Waals surface area contributed by atoms with E-state index in [9.17, 15) is 4.79 Å². The third kappa shape index (κ3) is 9.25. The first-order chi connectivity index (χ1) is 14.6. The van der Waals surface area contributed by atoms with Crippen LogP contribution in [-0.4, -0.2) is 22.9 Å². The van der Waals surface area contributed by atoms with Crippen molar-refractivity contribution in [1.29, 1.82) is 0 Å². The molecule has 3 nitrogen and oxygen atoms in total. The Balaban J connectivity index is 1.67. The number of carbonyl (C=O) groups is 1. The molecule has 4 heteroatoms. The van der Waals surface area contributed by atoms with E-state index in [-0.39, 0.29) is 0 Å². The van der Waals surface area contributed by atoms with Crippen molar-refractivity contribution >= 4 is 17.7 Å². The van der Waals surface area contributed by atoms with Crippen LogP contribution in [0.4, 0.5) is 0 Å². The van der Waals surface area contributed by atoms with E-state index < -0.39 is 12.1 Å². The van der Waals surface area contributed by atoms with Gasteiger partial charge >= 0.3 is 5.97 Å². The fourth-order valence-electron chi connectivity index (χ4n) is 3.33. The summed E-state index contributed by atoms with van der Waals surface area (Å²) in [6.07, 6.45) is 11.5. The van der Waals surface area contributed by atoms with Gasteiger partial charge in [-0.2, -0.15) is 0 Å². The van der Waals surface area contributed by atoms with Gasteiger partial charge in [-0.15, -0.1) is 11.8 Å². The molecule has 0 heterocycles. The first-order valence-electron chi connectivity index (χ1n) is 11.3. The molecule has 0 saturated carbocycles. The predicted molar refractivity (Wildman–Crippen MR) is 128 cm³/mol. The van der Waals surface area contributed by atoms with E-state index in [0.717, 1.165) is 11.1 Å². The van der Waals surface area contributed by atoms with Gasteiger partial charge in [0, 0.05) is 4.90 Å². The second kappa shape index (κ2) is 14.1. The molecule has 2 aromatic carbocycles. The quantitative estimate of drug-likeness (QED) is 0.232. The number of carboxylic acids is 1. The Morgan fingerprint density at radius 2 is 1.33 bits per heavy atom. The normalized spacial score (nSPS) is 11.9. The Bertz CT molecular complexity index is 725. The number of hydrogen-bond donors (Lipinski definition) is 1. The molecule has 0 spiro atoms. The minimum atomic E-state index is -0.963. The Morgan fingerprint density at radius 1 is 0.833 bits per heavy atom. The molecule has 2 aromatic rings. The van der Waals surface area contributed by atoms with Crippen LogP contribution in [0, 0.1) is 0 Å². The molecular formula is C26H36O3S. The van der Waals surface area contributed by atoms with E-state index >= 15 is 0 Å². The highest BCUT2D eigenvalue weighted by Gasteiger charge is 2.12. The standard InChI is InChI=1S/C26H36O3S/c1-3-4-5-6-7-8-9-10-11-20-30-25-18-14-23(15-19-25)22-12-16-24(17-13-22)29-21(2)26(27)28/h12-19,21H,3-11,20H2,1-2H3,(H,27,28)/t21-/m1/s1. The number of hydrogen-bond acceptors (Lipinski definition) is 3. The van der Waals surface area contributed by atoms with E-state index in [2.05, 4.69) is 31.2 Å². The molecular weight excluding hydrogens is 392 g/mol. The first-order valence-corrected chi connectivity index (χ1v) is 12.3. The smallest absolute Gasteiger partial charge is 0.344 e. The molecule has 2 rings (SSSR count). The highest BCUT2D eigenvalue weighted by molar-refractivity contribution is 7.99. The molecule has 1 N–H and O–H groups in total. The maximum atomic E-state index is 10.9. The van der Waals surface area contributed by atoms with Crippen LogP contribution in [0.3, 0.4) is 0 Å². The van der Waals surface area contributed by atoms with Gasteiger partial charge in [0.15, 0.2) is 6.10 Å². The number of ether oxygens (including phenoxy) is 1. The summed E-state index contributed by atoms with van der Waals surface area (Å²) < 4.78 is 5.38. The molecule has 0 fully saturated rings. The highest BCUT2D eigenvalue weighted by Crippen LogP contribution is 2.27. The monoisotopic (exact) mass is 428 g/mol. The fraction of sp³-hybridized carbons (Fsp3) is 0.500. The van der Waals surface area contributed by atoms with Crippen LogP contribution in [0.15, 0.2) is 53.4 Å². The molecule has 0 amide bonds. The number of unbranched alkanes of at least 4 members (excludes halogenated alkanes) is 8. The first kappa shape index (κ1) is 24.3. The Kier molecular flexibility index (Phi) is 11.5. The molecule has 0 aliphatic rings. The van der Waals surface area contributed by atoms with Crippen LogP contribution in [0.25, 0.3) is 11.1 Å². The summed E-state index contributed by atoms with van der Waals surface area (Å²) >= 11 is 1.94. The number of thioether (sulfide) groups is 1. The van der Waals surface area contributed by atoms with Gasteiger partial charge < -0.3 is 9.84 Å². The van der Waals surface area contributed by atoms with E-state index in [1.807, 2.05) is 36.0 Å². The summed E-state index contributed by atoms with van der Waals surface area (Å²) in [5.74, 6) is 0.791. The molecule has 0 aliphatic carbocycles. The lowest BCUT2D eigenvalue weighted by Crippen LogP contribution is -2.22. The van der Waals surface area contributed by atoms with Crippen molar-refractivity contribution in [3.05, 3.63) is 48.5 Å². The topological polar surface area (TPSA) is 46.5 Å².